The van der Waals surface area contributed by atoms with Crippen LogP contribution in [-0.4, -0.2) is 23.3 Å². The van der Waals surface area contributed by atoms with Gasteiger partial charge in [0.25, 0.3) is 0 Å². The summed E-state index contributed by atoms with van der Waals surface area (Å²) in [7, 11) is -0.352. The van der Waals surface area contributed by atoms with E-state index in [0.29, 0.717) is 6.42 Å². The minimum atomic E-state index is -0.464. The van der Waals surface area contributed by atoms with Gasteiger partial charge in [0.2, 0.25) is 0 Å². The van der Waals surface area contributed by atoms with Crippen molar-refractivity contribution in [3.8, 4) is 11.1 Å². The van der Waals surface area contributed by atoms with E-state index in [4.69, 9.17) is 14.3 Å². The van der Waals surface area contributed by atoms with Crippen molar-refractivity contribution >= 4 is 12.6 Å². The van der Waals surface area contributed by atoms with Crippen LogP contribution < -0.4 is 5.46 Å². The van der Waals surface area contributed by atoms with E-state index in [1.807, 2.05) is 54.7 Å². The van der Waals surface area contributed by atoms with Crippen molar-refractivity contribution in [1.82, 2.24) is 4.98 Å². The Morgan fingerprint density at radius 2 is 1.44 bits per heavy atom. The first-order valence-electron chi connectivity index (χ1n) is 9.38. The van der Waals surface area contributed by atoms with Crippen LogP contribution in [0.2, 0.25) is 0 Å². The van der Waals surface area contributed by atoms with Gasteiger partial charge >= 0.3 is 7.12 Å². The molecule has 1 aromatic heterocycles. The standard InChI is InChI=1S/C23H24BNO2/c1-22(2)23(3,27-24(26-22)20-12-8-5-9-13-20)16-21-15-14-19(17-25-21)18-10-6-4-7-11-18/h4-15,17H,16H2,1-3H3. The molecule has 4 rings (SSSR count). The monoisotopic (exact) mass is 357 g/mol. The molecule has 3 aromatic rings. The Morgan fingerprint density at radius 1 is 0.778 bits per heavy atom. The molecular weight excluding hydrogens is 333 g/mol. The molecule has 0 N–H and O–H groups in total. The number of benzene rings is 2. The Balaban J connectivity index is 1.54. The molecule has 1 aliphatic heterocycles. The molecule has 0 aliphatic carbocycles. The van der Waals surface area contributed by atoms with E-state index in [9.17, 15) is 0 Å². The van der Waals surface area contributed by atoms with Crippen LogP contribution in [0.1, 0.15) is 26.5 Å². The molecule has 1 unspecified atom stereocenters. The van der Waals surface area contributed by atoms with E-state index < -0.39 is 11.2 Å². The quantitative estimate of drug-likeness (QED) is 0.654. The van der Waals surface area contributed by atoms with Gasteiger partial charge in [-0.1, -0.05) is 66.7 Å². The third kappa shape index (κ3) is 3.55. The van der Waals surface area contributed by atoms with Gasteiger partial charge in [-0.2, -0.15) is 0 Å². The fraction of sp³-hybridized carbons (Fsp3) is 0.261. The fourth-order valence-electron chi connectivity index (χ4n) is 3.47. The molecule has 136 valence electrons. The number of nitrogens with zero attached hydrogens (tertiary/aromatic N) is 1. The van der Waals surface area contributed by atoms with Crippen LogP contribution in [0.4, 0.5) is 0 Å². The molecule has 1 saturated heterocycles. The van der Waals surface area contributed by atoms with E-state index in [1.54, 1.807) is 0 Å². The van der Waals surface area contributed by atoms with Gasteiger partial charge in [0, 0.05) is 23.9 Å². The van der Waals surface area contributed by atoms with E-state index in [1.165, 1.54) is 5.56 Å². The second-order valence-corrected chi connectivity index (χ2v) is 7.80. The van der Waals surface area contributed by atoms with Gasteiger partial charge in [-0.25, -0.2) is 0 Å². The summed E-state index contributed by atoms with van der Waals surface area (Å²) >= 11 is 0. The van der Waals surface area contributed by atoms with Gasteiger partial charge in [0.1, 0.15) is 0 Å². The SMILES string of the molecule is CC1(C)OB(c2ccccc2)OC1(C)Cc1ccc(-c2ccccc2)cn1. The normalized spacial score (nSPS) is 21.4. The highest BCUT2D eigenvalue weighted by Gasteiger charge is 2.54. The summed E-state index contributed by atoms with van der Waals surface area (Å²) in [5, 5.41) is 0. The number of rotatable bonds is 4. The molecule has 0 spiro atoms. The van der Waals surface area contributed by atoms with Crippen LogP contribution in [-0.2, 0) is 15.7 Å². The minimum Gasteiger partial charge on any atom is -0.399 e. The Hall–Kier alpha value is -2.43. The van der Waals surface area contributed by atoms with Crippen molar-refractivity contribution < 1.29 is 9.31 Å². The zero-order valence-electron chi connectivity index (χ0n) is 16.1. The smallest absolute Gasteiger partial charge is 0.399 e. The lowest BCUT2D eigenvalue weighted by Gasteiger charge is -2.36. The van der Waals surface area contributed by atoms with Gasteiger partial charge in [0.15, 0.2) is 0 Å². The lowest BCUT2D eigenvalue weighted by atomic mass is 9.79. The van der Waals surface area contributed by atoms with Gasteiger partial charge < -0.3 is 9.31 Å². The molecule has 0 saturated carbocycles. The van der Waals surface area contributed by atoms with Gasteiger partial charge in [-0.3, -0.25) is 4.98 Å². The fourth-order valence-corrected chi connectivity index (χ4v) is 3.47. The van der Waals surface area contributed by atoms with Crippen LogP contribution >= 0.6 is 0 Å². The zero-order valence-corrected chi connectivity index (χ0v) is 16.1. The van der Waals surface area contributed by atoms with Gasteiger partial charge in [0.05, 0.1) is 11.2 Å². The zero-order chi connectivity index (χ0) is 18.9. The maximum absolute atomic E-state index is 6.41. The van der Waals surface area contributed by atoms with E-state index in [-0.39, 0.29) is 7.12 Å². The molecule has 3 nitrogen and oxygen atoms in total. The molecule has 2 heterocycles. The number of pyridine rings is 1. The van der Waals surface area contributed by atoms with Crippen molar-refractivity contribution in [2.45, 2.75) is 38.4 Å². The summed E-state index contributed by atoms with van der Waals surface area (Å²) in [6.45, 7) is 6.30. The van der Waals surface area contributed by atoms with Crippen LogP contribution in [0.25, 0.3) is 11.1 Å². The van der Waals surface area contributed by atoms with Crippen LogP contribution in [0.3, 0.4) is 0 Å². The number of aromatic nitrogens is 1. The lowest BCUT2D eigenvalue weighted by Crippen LogP contribution is -2.46. The van der Waals surface area contributed by atoms with Gasteiger partial charge in [-0.05, 0) is 37.9 Å². The summed E-state index contributed by atoms with van der Waals surface area (Å²) in [6, 6.07) is 24.6. The number of hydrogen-bond donors (Lipinski definition) is 0. The Labute approximate surface area is 161 Å². The predicted molar refractivity (Wildman–Crippen MR) is 110 cm³/mol. The first-order valence-corrected chi connectivity index (χ1v) is 9.38. The van der Waals surface area contributed by atoms with Crippen molar-refractivity contribution in [3.63, 3.8) is 0 Å². The third-order valence-electron chi connectivity index (χ3n) is 5.56. The molecule has 1 atom stereocenters. The lowest BCUT2D eigenvalue weighted by molar-refractivity contribution is -0.00943. The van der Waals surface area contributed by atoms with Crippen LogP contribution in [0, 0.1) is 0 Å². The van der Waals surface area contributed by atoms with E-state index in [2.05, 4.69) is 45.0 Å². The second-order valence-electron chi connectivity index (χ2n) is 7.80. The van der Waals surface area contributed by atoms with Crippen LogP contribution in [0.5, 0.6) is 0 Å². The summed E-state index contributed by atoms with van der Waals surface area (Å²) in [6.07, 6.45) is 2.63. The van der Waals surface area contributed by atoms with Crippen molar-refractivity contribution in [1.29, 1.82) is 0 Å². The Morgan fingerprint density at radius 3 is 2.07 bits per heavy atom. The first-order chi connectivity index (χ1) is 13.0. The van der Waals surface area contributed by atoms with Crippen molar-refractivity contribution in [3.05, 3.63) is 84.7 Å². The third-order valence-corrected chi connectivity index (χ3v) is 5.56. The topological polar surface area (TPSA) is 31.4 Å². The first kappa shape index (κ1) is 18.0. The summed E-state index contributed by atoms with van der Waals surface area (Å²) < 4.78 is 12.7. The number of hydrogen-bond acceptors (Lipinski definition) is 3. The molecule has 4 heteroatoms. The highest BCUT2D eigenvalue weighted by molar-refractivity contribution is 6.62. The summed E-state index contributed by atoms with van der Waals surface area (Å²) in [5.41, 5.74) is 3.45. The summed E-state index contributed by atoms with van der Waals surface area (Å²) in [4.78, 5) is 4.69. The molecule has 1 aliphatic rings. The highest BCUT2D eigenvalue weighted by atomic mass is 16.7. The predicted octanol–water partition coefficient (Wildman–Crippen LogP) is 4.27. The van der Waals surface area contributed by atoms with Gasteiger partial charge in [-0.15, -0.1) is 0 Å². The maximum atomic E-state index is 6.41. The molecule has 27 heavy (non-hydrogen) atoms. The van der Waals surface area contributed by atoms with Crippen LogP contribution in [0.15, 0.2) is 79.0 Å². The molecule has 1 fully saturated rings. The molecular formula is C23H24BNO2. The Kier molecular flexibility index (Phi) is 4.62. The van der Waals surface area contributed by atoms with Crippen molar-refractivity contribution in [2.75, 3.05) is 0 Å². The molecule has 0 bridgehead atoms. The molecule has 0 radical (unpaired) electrons. The molecule has 2 aromatic carbocycles. The second kappa shape index (κ2) is 6.95. The van der Waals surface area contributed by atoms with E-state index >= 15 is 0 Å². The van der Waals surface area contributed by atoms with E-state index in [0.717, 1.165) is 16.7 Å². The highest BCUT2D eigenvalue weighted by Crippen LogP contribution is 2.39. The Bertz CT molecular complexity index is 897. The minimum absolute atomic E-state index is 0.352. The maximum Gasteiger partial charge on any atom is 0.494 e. The average molecular weight is 357 g/mol. The summed E-state index contributed by atoms with van der Waals surface area (Å²) in [5.74, 6) is 0. The largest absolute Gasteiger partial charge is 0.494 e. The average Bonchev–Trinajstić information content (AvgIpc) is 2.93. The molecule has 0 amide bonds. The van der Waals surface area contributed by atoms with Crippen molar-refractivity contribution in [2.24, 2.45) is 0 Å².